The van der Waals surface area contributed by atoms with Gasteiger partial charge in [0.05, 0.1) is 17.6 Å². The molecule has 1 heterocycles. The molecule has 144 valence electrons. The summed E-state index contributed by atoms with van der Waals surface area (Å²) in [4.78, 5) is 11.9. The molecule has 1 aliphatic rings. The number of nitrogens with zero attached hydrogens (tertiary/aromatic N) is 1. The van der Waals surface area contributed by atoms with Gasteiger partial charge in [-0.2, -0.15) is 4.31 Å². The summed E-state index contributed by atoms with van der Waals surface area (Å²) in [5.41, 5.74) is 2.69. The number of sulfonamides is 1. The Morgan fingerprint density at radius 1 is 1.07 bits per heavy atom. The van der Waals surface area contributed by atoms with Crippen LogP contribution in [0.3, 0.4) is 0 Å². The van der Waals surface area contributed by atoms with Gasteiger partial charge in [-0.05, 0) is 62.4 Å². The zero-order valence-electron chi connectivity index (χ0n) is 15.9. The molecule has 0 spiro atoms. The van der Waals surface area contributed by atoms with E-state index in [2.05, 4.69) is 0 Å². The van der Waals surface area contributed by atoms with Crippen LogP contribution in [0.4, 0.5) is 0 Å². The minimum Gasteiger partial charge on any atom is -0.465 e. The molecule has 2 aromatic carbocycles. The molecule has 1 saturated heterocycles. The molecule has 5 nitrogen and oxygen atoms in total. The Morgan fingerprint density at radius 2 is 1.70 bits per heavy atom. The fourth-order valence-electron chi connectivity index (χ4n) is 3.67. The highest BCUT2D eigenvalue weighted by Gasteiger charge is 2.34. The minimum absolute atomic E-state index is 0.0877. The van der Waals surface area contributed by atoms with Crippen LogP contribution >= 0.6 is 0 Å². The summed E-state index contributed by atoms with van der Waals surface area (Å²) in [5.74, 6) is -0.0786. The average molecular weight is 388 g/mol. The largest absolute Gasteiger partial charge is 0.465 e. The first kappa shape index (κ1) is 19.6. The molecule has 0 aromatic heterocycles. The molecule has 1 aliphatic heterocycles. The predicted octanol–water partition coefficient (Wildman–Crippen LogP) is 3.74. The number of ether oxygens (including phenoxy) is 1. The lowest BCUT2D eigenvalue weighted by atomic mass is 9.86. The van der Waals surface area contributed by atoms with Gasteiger partial charge in [0.2, 0.25) is 10.0 Å². The number of benzene rings is 2. The van der Waals surface area contributed by atoms with Crippen molar-refractivity contribution < 1.29 is 17.9 Å². The Morgan fingerprint density at radius 3 is 2.26 bits per heavy atom. The second kappa shape index (κ2) is 7.82. The molecule has 0 radical (unpaired) electrons. The van der Waals surface area contributed by atoms with E-state index in [9.17, 15) is 13.2 Å². The quantitative estimate of drug-likeness (QED) is 0.750. The Bertz CT molecular complexity index is 904. The van der Waals surface area contributed by atoms with Crippen LogP contribution < -0.4 is 0 Å². The van der Waals surface area contributed by atoms with Crippen LogP contribution in [-0.2, 0) is 14.8 Å². The van der Waals surface area contributed by atoms with E-state index in [1.54, 1.807) is 28.6 Å². The number of esters is 1. The molecule has 27 heavy (non-hydrogen) atoms. The van der Waals surface area contributed by atoms with Crippen LogP contribution in [0, 0.1) is 6.92 Å². The number of aryl methyl sites for hydroxylation is 1. The fraction of sp³-hybridized carbons (Fsp3) is 0.381. The first-order valence-corrected chi connectivity index (χ1v) is 10.5. The molecule has 0 saturated carbocycles. The maximum atomic E-state index is 13.0. The molecule has 2 aromatic rings. The summed E-state index contributed by atoms with van der Waals surface area (Å²) >= 11 is 0. The number of carbonyl (C=O) groups excluding carboxylic acids is 1. The second-order valence-electron chi connectivity index (χ2n) is 7.11. The summed E-state index contributed by atoms with van der Waals surface area (Å²) in [6, 6.07) is 14.3. The van der Waals surface area contributed by atoms with E-state index in [0.29, 0.717) is 17.0 Å². The van der Waals surface area contributed by atoms with Crippen molar-refractivity contribution in [3.8, 4) is 0 Å². The Kier molecular flexibility index (Phi) is 5.67. The first-order chi connectivity index (χ1) is 12.8. The van der Waals surface area contributed by atoms with E-state index in [-0.39, 0.29) is 17.9 Å². The summed E-state index contributed by atoms with van der Waals surface area (Å²) < 4.78 is 32.3. The molecule has 0 N–H and O–H groups in total. The molecular formula is C21H25NO4S. The molecule has 0 amide bonds. The van der Waals surface area contributed by atoms with Crippen molar-refractivity contribution in [2.24, 2.45) is 0 Å². The number of hydrogen-bond acceptors (Lipinski definition) is 4. The van der Waals surface area contributed by atoms with Crippen molar-refractivity contribution in [2.75, 3.05) is 13.7 Å². The maximum Gasteiger partial charge on any atom is 0.337 e. The molecule has 6 heteroatoms. The molecular weight excluding hydrogens is 362 g/mol. The van der Waals surface area contributed by atoms with Crippen molar-refractivity contribution in [3.63, 3.8) is 0 Å². The monoisotopic (exact) mass is 387 g/mol. The van der Waals surface area contributed by atoms with E-state index < -0.39 is 10.0 Å². The smallest absolute Gasteiger partial charge is 0.337 e. The topological polar surface area (TPSA) is 63.7 Å². The number of piperidine rings is 1. The highest BCUT2D eigenvalue weighted by atomic mass is 32.2. The van der Waals surface area contributed by atoms with Gasteiger partial charge >= 0.3 is 5.97 Å². The lowest BCUT2D eigenvalue weighted by Gasteiger charge is -2.37. The molecule has 3 rings (SSSR count). The van der Waals surface area contributed by atoms with Crippen LogP contribution in [0.15, 0.2) is 53.4 Å². The van der Waals surface area contributed by atoms with E-state index in [0.717, 1.165) is 24.0 Å². The molecule has 0 bridgehead atoms. The van der Waals surface area contributed by atoms with Gasteiger partial charge < -0.3 is 4.74 Å². The van der Waals surface area contributed by atoms with Crippen molar-refractivity contribution in [1.29, 1.82) is 0 Å². The van der Waals surface area contributed by atoms with Gasteiger partial charge in [-0.1, -0.05) is 29.8 Å². The van der Waals surface area contributed by atoms with Gasteiger partial charge in [-0.3, -0.25) is 0 Å². The summed E-state index contributed by atoms with van der Waals surface area (Å²) in [6.45, 7) is 4.39. The van der Waals surface area contributed by atoms with Gasteiger partial charge in [0.1, 0.15) is 0 Å². The van der Waals surface area contributed by atoms with Crippen LogP contribution in [0.5, 0.6) is 0 Å². The third kappa shape index (κ3) is 4.06. The lowest BCUT2D eigenvalue weighted by Crippen LogP contribution is -2.44. The van der Waals surface area contributed by atoms with Crippen molar-refractivity contribution >= 4 is 16.0 Å². The van der Waals surface area contributed by atoms with E-state index in [1.165, 1.54) is 7.11 Å². The highest BCUT2D eigenvalue weighted by molar-refractivity contribution is 7.89. The lowest BCUT2D eigenvalue weighted by molar-refractivity contribution is 0.0600. The third-order valence-corrected chi connectivity index (χ3v) is 7.27. The third-order valence-electron chi connectivity index (χ3n) is 5.25. The maximum absolute atomic E-state index is 13.0. The molecule has 0 aliphatic carbocycles. The van der Waals surface area contributed by atoms with Gasteiger partial charge in [0.15, 0.2) is 0 Å². The molecule has 0 unspecified atom stereocenters. The first-order valence-electron chi connectivity index (χ1n) is 9.09. The predicted molar refractivity (Wildman–Crippen MR) is 104 cm³/mol. The SMILES string of the molecule is COC(=O)c1ccc([C@H]2CCN(S(=O)(=O)c3ccc(C)cc3)[C@H](C)C2)cc1. The van der Waals surface area contributed by atoms with Crippen molar-refractivity contribution in [2.45, 2.75) is 43.5 Å². The van der Waals surface area contributed by atoms with Crippen LogP contribution in [0.25, 0.3) is 0 Å². The average Bonchev–Trinajstić information content (AvgIpc) is 2.67. The Balaban J connectivity index is 1.73. The molecule has 2 atom stereocenters. The molecule has 1 fully saturated rings. The van der Waals surface area contributed by atoms with Crippen molar-refractivity contribution in [1.82, 2.24) is 4.31 Å². The zero-order valence-corrected chi connectivity index (χ0v) is 16.7. The minimum atomic E-state index is -3.48. The number of rotatable bonds is 4. The normalized spacial score (nSPS) is 21.0. The van der Waals surface area contributed by atoms with Gasteiger partial charge in [0.25, 0.3) is 0 Å². The number of hydrogen-bond donors (Lipinski definition) is 0. The van der Waals surface area contributed by atoms with Gasteiger partial charge in [0, 0.05) is 12.6 Å². The van der Waals surface area contributed by atoms with Crippen LogP contribution in [0.2, 0.25) is 0 Å². The van der Waals surface area contributed by atoms with Crippen LogP contribution in [-0.4, -0.2) is 38.4 Å². The standard InChI is InChI=1S/C21H25NO4S/c1-15-4-10-20(11-5-15)27(24,25)22-13-12-19(14-16(22)2)17-6-8-18(9-7-17)21(23)26-3/h4-11,16,19H,12-14H2,1-3H3/t16-,19+/m1/s1. The zero-order chi connectivity index (χ0) is 19.6. The Labute approximate surface area is 161 Å². The van der Waals surface area contributed by atoms with Gasteiger partial charge in [-0.15, -0.1) is 0 Å². The second-order valence-corrected chi connectivity index (χ2v) is 9.00. The number of carbonyl (C=O) groups is 1. The van der Waals surface area contributed by atoms with E-state index in [4.69, 9.17) is 4.74 Å². The van der Waals surface area contributed by atoms with E-state index in [1.807, 2.05) is 38.1 Å². The Hall–Kier alpha value is -2.18. The van der Waals surface area contributed by atoms with Crippen molar-refractivity contribution in [3.05, 3.63) is 65.2 Å². The summed E-state index contributed by atoms with van der Waals surface area (Å²) in [7, 11) is -2.12. The van der Waals surface area contributed by atoms with E-state index >= 15 is 0 Å². The van der Waals surface area contributed by atoms with Crippen LogP contribution in [0.1, 0.15) is 47.2 Å². The summed E-state index contributed by atoms with van der Waals surface area (Å²) in [5, 5.41) is 0. The number of methoxy groups -OCH3 is 1. The fourth-order valence-corrected chi connectivity index (χ4v) is 5.32. The van der Waals surface area contributed by atoms with Gasteiger partial charge in [-0.25, -0.2) is 13.2 Å². The highest BCUT2D eigenvalue weighted by Crippen LogP contribution is 2.34. The summed E-state index contributed by atoms with van der Waals surface area (Å²) in [6.07, 6.45) is 1.51.